The molecule has 0 saturated heterocycles. The highest BCUT2D eigenvalue weighted by atomic mass is 16.4. The number of aromatic nitrogens is 4. The van der Waals surface area contributed by atoms with Crippen LogP contribution >= 0.6 is 0 Å². The highest BCUT2D eigenvalue weighted by Gasteiger charge is 2.13. The molecule has 1 aromatic carbocycles. The van der Waals surface area contributed by atoms with Gasteiger partial charge in [0, 0.05) is 13.2 Å². The van der Waals surface area contributed by atoms with Crippen molar-refractivity contribution in [3.63, 3.8) is 0 Å². The fraction of sp³-hybridized carbons (Fsp3) is 0.214. The number of para-hydroxylation sites is 2. The first-order valence-corrected chi connectivity index (χ1v) is 6.56. The number of rotatable bonds is 4. The predicted octanol–water partition coefficient (Wildman–Crippen LogP) is 1.11. The number of imidazole rings is 1. The van der Waals surface area contributed by atoms with Gasteiger partial charge in [-0.15, -0.1) is 0 Å². The lowest BCUT2D eigenvalue weighted by atomic mass is 10.3. The van der Waals surface area contributed by atoms with E-state index in [9.17, 15) is 0 Å². The van der Waals surface area contributed by atoms with Crippen molar-refractivity contribution >= 4 is 16.9 Å². The van der Waals surface area contributed by atoms with Crippen LogP contribution in [0.2, 0.25) is 0 Å². The second kappa shape index (κ2) is 5.28. The van der Waals surface area contributed by atoms with Crippen LogP contribution < -0.4 is 5.73 Å². The van der Waals surface area contributed by atoms with Crippen molar-refractivity contribution in [3.8, 4) is 0 Å². The lowest BCUT2D eigenvalue weighted by molar-refractivity contribution is 0.317. The van der Waals surface area contributed by atoms with Gasteiger partial charge in [0.15, 0.2) is 0 Å². The molecule has 2 aromatic heterocycles. The molecule has 7 nitrogen and oxygen atoms in total. The molecule has 0 fully saturated rings. The molecule has 0 aliphatic heterocycles. The van der Waals surface area contributed by atoms with Gasteiger partial charge < -0.3 is 15.5 Å². The summed E-state index contributed by atoms with van der Waals surface area (Å²) in [5.74, 6) is 0.879. The lowest BCUT2D eigenvalue weighted by Gasteiger charge is -2.07. The minimum Gasteiger partial charge on any atom is -0.409 e. The Bertz CT molecular complexity index is 801. The number of benzene rings is 1. The monoisotopic (exact) mass is 284 g/mol. The maximum Gasteiger partial charge on any atom is 0.146 e. The summed E-state index contributed by atoms with van der Waals surface area (Å²) in [6.07, 6.45) is 2.19. The van der Waals surface area contributed by atoms with Crippen molar-refractivity contribution in [2.75, 3.05) is 0 Å². The van der Waals surface area contributed by atoms with Crippen LogP contribution in [-0.2, 0) is 20.0 Å². The van der Waals surface area contributed by atoms with E-state index < -0.39 is 0 Å². The number of oxime groups is 1. The van der Waals surface area contributed by atoms with Crippen molar-refractivity contribution in [3.05, 3.63) is 48.0 Å². The van der Waals surface area contributed by atoms with Crippen molar-refractivity contribution in [2.45, 2.75) is 13.0 Å². The number of amidine groups is 1. The number of aryl methyl sites for hydroxylation is 1. The Hall–Kier alpha value is -2.83. The van der Waals surface area contributed by atoms with Crippen LogP contribution in [0.5, 0.6) is 0 Å². The van der Waals surface area contributed by atoms with Gasteiger partial charge in [0.1, 0.15) is 11.7 Å². The van der Waals surface area contributed by atoms with Crippen LogP contribution in [0.25, 0.3) is 11.0 Å². The predicted molar refractivity (Wildman–Crippen MR) is 79.2 cm³/mol. The minimum atomic E-state index is 0.132. The first-order chi connectivity index (χ1) is 10.2. The van der Waals surface area contributed by atoms with E-state index in [4.69, 9.17) is 10.9 Å². The maximum absolute atomic E-state index is 8.77. The third kappa shape index (κ3) is 2.58. The molecule has 0 bridgehead atoms. The van der Waals surface area contributed by atoms with Gasteiger partial charge in [-0.3, -0.25) is 4.68 Å². The summed E-state index contributed by atoms with van der Waals surface area (Å²) in [4.78, 5) is 4.56. The van der Waals surface area contributed by atoms with Crippen molar-refractivity contribution < 1.29 is 5.21 Å². The van der Waals surface area contributed by atoms with E-state index in [-0.39, 0.29) is 12.3 Å². The number of hydrogen-bond donors (Lipinski definition) is 2. The zero-order chi connectivity index (χ0) is 14.8. The topological polar surface area (TPSA) is 94.2 Å². The van der Waals surface area contributed by atoms with E-state index in [0.717, 1.165) is 22.6 Å². The Kier molecular flexibility index (Phi) is 3.31. The zero-order valence-corrected chi connectivity index (χ0v) is 11.6. The molecule has 21 heavy (non-hydrogen) atoms. The first kappa shape index (κ1) is 13.2. The van der Waals surface area contributed by atoms with E-state index in [1.807, 2.05) is 48.1 Å². The quantitative estimate of drug-likeness (QED) is 0.325. The first-order valence-electron chi connectivity index (χ1n) is 6.56. The van der Waals surface area contributed by atoms with Gasteiger partial charge in [-0.05, 0) is 18.2 Å². The van der Waals surface area contributed by atoms with Crippen LogP contribution in [0.1, 0.15) is 11.5 Å². The standard InChI is InChI=1S/C14H16N6O/c1-19-7-6-10(17-19)9-20-12-5-3-2-4-11(12)16-14(20)8-13(15)18-21/h2-7,21H,8-9H2,1H3,(H2,15,18). The van der Waals surface area contributed by atoms with Crippen LogP contribution in [0, 0.1) is 0 Å². The molecule has 0 amide bonds. The summed E-state index contributed by atoms with van der Waals surface area (Å²) in [6.45, 7) is 0.593. The average Bonchev–Trinajstić information content (AvgIpc) is 3.04. The average molecular weight is 284 g/mol. The number of nitrogens with zero attached hydrogens (tertiary/aromatic N) is 5. The molecule has 0 atom stereocenters. The second-order valence-electron chi connectivity index (χ2n) is 4.85. The molecule has 3 aromatic rings. The van der Waals surface area contributed by atoms with Gasteiger partial charge in [0.05, 0.1) is 29.7 Å². The van der Waals surface area contributed by atoms with Gasteiger partial charge in [0.2, 0.25) is 0 Å². The molecule has 2 heterocycles. The Morgan fingerprint density at radius 2 is 2.14 bits per heavy atom. The highest BCUT2D eigenvalue weighted by molar-refractivity contribution is 5.83. The summed E-state index contributed by atoms with van der Waals surface area (Å²) < 4.78 is 3.80. The van der Waals surface area contributed by atoms with Gasteiger partial charge in [-0.25, -0.2) is 4.98 Å². The van der Waals surface area contributed by atoms with Crippen molar-refractivity contribution in [1.82, 2.24) is 19.3 Å². The molecular formula is C14H16N6O. The van der Waals surface area contributed by atoms with E-state index in [0.29, 0.717) is 6.54 Å². The molecule has 7 heteroatoms. The number of fused-ring (bicyclic) bond motifs is 1. The molecular weight excluding hydrogens is 268 g/mol. The molecule has 0 aliphatic carbocycles. The lowest BCUT2D eigenvalue weighted by Crippen LogP contribution is -2.18. The van der Waals surface area contributed by atoms with Crippen molar-refractivity contribution in [1.29, 1.82) is 0 Å². The van der Waals surface area contributed by atoms with Gasteiger partial charge in [-0.1, -0.05) is 17.3 Å². The Balaban J connectivity index is 2.06. The fourth-order valence-electron chi connectivity index (χ4n) is 2.34. The van der Waals surface area contributed by atoms with Gasteiger partial charge in [-0.2, -0.15) is 5.10 Å². The molecule has 0 aliphatic rings. The van der Waals surface area contributed by atoms with Crippen LogP contribution in [0.3, 0.4) is 0 Å². The largest absolute Gasteiger partial charge is 0.409 e. The van der Waals surface area contributed by atoms with Gasteiger partial charge >= 0.3 is 0 Å². The zero-order valence-electron chi connectivity index (χ0n) is 11.6. The van der Waals surface area contributed by atoms with Crippen LogP contribution in [0.4, 0.5) is 0 Å². The Morgan fingerprint density at radius 3 is 2.86 bits per heavy atom. The fourth-order valence-corrected chi connectivity index (χ4v) is 2.34. The maximum atomic E-state index is 8.77. The van der Waals surface area contributed by atoms with Crippen LogP contribution in [0.15, 0.2) is 41.7 Å². The molecule has 0 saturated carbocycles. The molecule has 0 radical (unpaired) electrons. The third-order valence-electron chi connectivity index (χ3n) is 3.29. The minimum absolute atomic E-state index is 0.132. The SMILES string of the molecule is Cn1ccc(Cn2c(C/C(N)=N/O)nc3ccccc32)n1. The summed E-state index contributed by atoms with van der Waals surface area (Å²) in [5.41, 5.74) is 8.44. The van der Waals surface area contributed by atoms with Gasteiger partial charge in [0.25, 0.3) is 0 Å². The Morgan fingerprint density at radius 1 is 1.33 bits per heavy atom. The van der Waals surface area contributed by atoms with Crippen molar-refractivity contribution in [2.24, 2.45) is 17.9 Å². The highest BCUT2D eigenvalue weighted by Crippen LogP contribution is 2.18. The van der Waals surface area contributed by atoms with E-state index in [1.54, 1.807) is 4.68 Å². The summed E-state index contributed by atoms with van der Waals surface area (Å²) in [6, 6.07) is 9.81. The molecule has 0 unspecified atom stereocenters. The normalized spacial score (nSPS) is 12.1. The smallest absolute Gasteiger partial charge is 0.146 e. The Labute approximate surface area is 121 Å². The number of hydrogen-bond acceptors (Lipinski definition) is 4. The summed E-state index contributed by atoms with van der Waals surface area (Å²) in [7, 11) is 1.88. The van der Waals surface area contributed by atoms with E-state index in [1.165, 1.54) is 0 Å². The van der Waals surface area contributed by atoms with Crippen LogP contribution in [-0.4, -0.2) is 30.4 Å². The molecule has 3 rings (SSSR count). The second-order valence-corrected chi connectivity index (χ2v) is 4.85. The van der Waals surface area contributed by atoms with E-state index in [2.05, 4.69) is 15.2 Å². The summed E-state index contributed by atoms with van der Waals surface area (Å²) in [5, 5.41) is 16.2. The summed E-state index contributed by atoms with van der Waals surface area (Å²) >= 11 is 0. The third-order valence-corrected chi connectivity index (χ3v) is 3.29. The molecule has 108 valence electrons. The molecule has 3 N–H and O–H groups in total. The number of nitrogens with two attached hydrogens (primary N) is 1. The molecule has 0 spiro atoms. The van der Waals surface area contributed by atoms with E-state index >= 15 is 0 Å².